The van der Waals surface area contributed by atoms with E-state index in [-0.39, 0.29) is 5.91 Å². The van der Waals surface area contributed by atoms with Gasteiger partial charge in [-0.05, 0) is 12.2 Å². The first-order chi connectivity index (χ1) is 6.24. The van der Waals surface area contributed by atoms with Gasteiger partial charge < -0.3 is 15.0 Å². The van der Waals surface area contributed by atoms with E-state index in [1.165, 1.54) is 0 Å². The maximum Gasteiger partial charge on any atom is 0.225 e. The number of ether oxygens (including phenoxy) is 1. The van der Waals surface area contributed by atoms with E-state index in [1.54, 1.807) is 6.92 Å². The lowest BCUT2D eigenvalue weighted by Crippen LogP contribution is -2.47. The SMILES string of the molecule is CCC(=O)NC(=S)N1CCOCC1. The topological polar surface area (TPSA) is 41.6 Å². The molecule has 1 fully saturated rings. The highest BCUT2D eigenvalue weighted by Gasteiger charge is 2.14. The van der Waals surface area contributed by atoms with E-state index in [2.05, 4.69) is 5.32 Å². The fraction of sp³-hybridized carbons (Fsp3) is 0.750. The van der Waals surface area contributed by atoms with Gasteiger partial charge in [0.1, 0.15) is 0 Å². The zero-order valence-corrected chi connectivity index (χ0v) is 8.52. The van der Waals surface area contributed by atoms with E-state index in [1.807, 2.05) is 4.90 Å². The molecule has 0 bridgehead atoms. The molecule has 1 rings (SSSR count). The Morgan fingerprint density at radius 1 is 1.54 bits per heavy atom. The molecule has 5 heteroatoms. The van der Waals surface area contributed by atoms with Crippen molar-refractivity contribution in [3.8, 4) is 0 Å². The molecular formula is C8H14N2O2S. The summed E-state index contributed by atoms with van der Waals surface area (Å²) in [6.07, 6.45) is 0.463. The Kier molecular flexibility index (Phi) is 4.11. The number of hydrogen-bond donors (Lipinski definition) is 1. The van der Waals surface area contributed by atoms with E-state index in [0.29, 0.717) is 24.7 Å². The second-order valence-corrected chi connectivity index (χ2v) is 3.19. The maximum atomic E-state index is 11.0. The summed E-state index contributed by atoms with van der Waals surface area (Å²) in [4.78, 5) is 13.0. The van der Waals surface area contributed by atoms with Crippen molar-refractivity contribution in [2.75, 3.05) is 26.3 Å². The zero-order chi connectivity index (χ0) is 9.68. The van der Waals surface area contributed by atoms with Crippen molar-refractivity contribution in [3.63, 3.8) is 0 Å². The predicted molar refractivity (Wildman–Crippen MR) is 53.4 cm³/mol. The maximum absolute atomic E-state index is 11.0. The predicted octanol–water partition coefficient (Wildman–Crippen LogP) is 0.130. The van der Waals surface area contributed by atoms with Crippen LogP contribution >= 0.6 is 12.2 Å². The molecule has 1 aliphatic rings. The molecule has 1 saturated heterocycles. The number of nitrogens with one attached hydrogen (secondary N) is 1. The molecule has 1 N–H and O–H groups in total. The molecule has 1 aliphatic heterocycles. The summed E-state index contributed by atoms with van der Waals surface area (Å²) in [6.45, 7) is 4.70. The average molecular weight is 202 g/mol. The van der Waals surface area contributed by atoms with E-state index in [9.17, 15) is 4.79 Å². The summed E-state index contributed by atoms with van der Waals surface area (Å²) in [5, 5.41) is 3.19. The molecule has 0 unspecified atom stereocenters. The third kappa shape index (κ3) is 3.28. The minimum atomic E-state index is -0.0310. The van der Waals surface area contributed by atoms with Gasteiger partial charge in [0.2, 0.25) is 5.91 Å². The van der Waals surface area contributed by atoms with Crippen LogP contribution in [0.2, 0.25) is 0 Å². The van der Waals surface area contributed by atoms with Crippen LogP contribution in [0.1, 0.15) is 13.3 Å². The van der Waals surface area contributed by atoms with Gasteiger partial charge in [-0.1, -0.05) is 6.92 Å². The summed E-state index contributed by atoms with van der Waals surface area (Å²) in [7, 11) is 0. The van der Waals surface area contributed by atoms with Crippen molar-refractivity contribution in [3.05, 3.63) is 0 Å². The molecule has 0 aromatic heterocycles. The Labute approximate surface area is 83.2 Å². The van der Waals surface area contributed by atoms with Crippen LogP contribution in [0.4, 0.5) is 0 Å². The van der Waals surface area contributed by atoms with Crippen LogP contribution in [0.15, 0.2) is 0 Å². The monoisotopic (exact) mass is 202 g/mol. The fourth-order valence-corrected chi connectivity index (χ4v) is 1.35. The van der Waals surface area contributed by atoms with Gasteiger partial charge in [-0.2, -0.15) is 0 Å². The highest BCUT2D eigenvalue weighted by Crippen LogP contribution is 1.97. The zero-order valence-electron chi connectivity index (χ0n) is 7.71. The van der Waals surface area contributed by atoms with Gasteiger partial charge in [-0.25, -0.2) is 0 Å². The lowest BCUT2D eigenvalue weighted by Gasteiger charge is -2.28. The van der Waals surface area contributed by atoms with Crippen LogP contribution in [0.3, 0.4) is 0 Å². The van der Waals surface area contributed by atoms with Crippen molar-refractivity contribution in [1.29, 1.82) is 0 Å². The molecule has 0 atom stereocenters. The van der Waals surface area contributed by atoms with Gasteiger partial charge in [0.25, 0.3) is 0 Å². The summed E-state index contributed by atoms with van der Waals surface area (Å²) in [6, 6.07) is 0. The molecule has 4 nitrogen and oxygen atoms in total. The molecular weight excluding hydrogens is 188 g/mol. The van der Waals surface area contributed by atoms with Gasteiger partial charge >= 0.3 is 0 Å². The summed E-state index contributed by atoms with van der Waals surface area (Å²) in [5.41, 5.74) is 0. The summed E-state index contributed by atoms with van der Waals surface area (Å²) in [5.74, 6) is -0.0310. The van der Waals surface area contributed by atoms with Gasteiger partial charge in [0.05, 0.1) is 13.2 Å². The van der Waals surface area contributed by atoms with Crippen molar-refractivity contribution >= 4 is 23.2 Å². The number of hydrogen-bond acceptors (Lipinski definition) is 3. The van der Waals surface area contributed by atoms with Crippen molar-refractivity contribution in [2.45, 2.75) is 13.3 Å². The summed E-state index contributed by atoms with van der Waals surface area (Å²) < 4.78 is 5.17. The van der Waals surface area contributed by atoms with Crippen LogP contribution in [-0.4, -0.2) is 42.2 Å². The Balaban J connectivity index is 2.33. The molecule has 0 saturated carbocycles. The number of carbonyl (C=O) groups excluding carboxylic acids is 1. The standard InChI is InChI=1S/C8H14N2O2S/c1-2-7(11)9-8(13)10-3-5-12-6-4-10/h2-6H2,1H3,(H,9,11,13). The van der Waals surface area contributed by atoms with E-state index in [4.69, 9.17) is 17.0 Å². The lowest BCUT2D eigenvalue weighted by molar-refractivity contribution is -0.119. The highest BCUT2D eigenvalue weighted by molar-refractivity contribution is 7.80. The van der Waals surface area contributed by atoms with Gasteiger partial charge in [-0.3, -0.25) is 4.79 Å². The Hall–Kier alpha value is -0.680. The van der Waals surface area contributed by atoms with E-state index >= 15 is 0 Å². The van der Waals surface area contributed by atoms with Gasteiger partial charge in [-0.15, -0.1) is 0 Å². The second-order valence-electron chi connectivity index (χ2n) is 2.81. The molecule has 13 heavy (non-hydrogen) atoms. The molecule has 1 amide bonds. The first-order valence-electron chi connectivity index (χ1n) is 4.40. The summed E-state index contributed by atoms with van der Waals surface area (Å²) >= 11 is 5.05. The average Bonchev–Trinajstić information content (AvgIpc) is 2.19. The van der Waals surface area contributed by atoms with E-state index < -0.39 is 0 Å². The number of carbonyl (C=O) groups is 1. The molecule has 0 aromatic rings. The van der Waals surface area contributed by atoms with Crippen molar-refractivity contribution in [2.24, 2.45) is 0 Å². The number of morpholine rings is 1. The van der Waals surface area contributed by atoms with Crippen LogP contribution in [0.25, 0.3) is 0 Å². The minimum absolute atomic E-state index is 0.0310. The number of rotatable bonds is 1. The highest BCUT2D eigenvalue weighted by atomic mass is 32.1. The quantitative estimate of drug-likeness (QED) is 0.614. The second kappa shape index (κ2) is 5.14. The number of amides is 1. The number of nitrogens with zero attached hydrogens (tertiary/aromatic N) is 1. The molecule has 0 spiro atoms. The number of thiocarbonyl (C=S) groups is 1. The Morgan fingerprint density at radius 2 is 2.15 bits per heavy atom. The van der Waals surface area contributed by atoms with Crippen LogP contribution in [0, 0.1) is 0 Å². The molecule has 0 aromatic carbocycles. The fourth-order valence-electron chi connectivity index (χ4n) is 1.05. The van der Waals surface area contributed by atoms with Crippen LogP contribution in [-0.2, 0) is 9.53 Å². The lowest BCUT2D eigenvalue weighted by atomic mass is 10.4. The molecule has 1 heterocycles. The van der Waals surface area contributed by atoms with Gasteiger partial charge in [0, 0.05) is 19.5 Å². The molecule has 0 aliphatic carbocycles. The van der Waals surface area contributed by atoms with Crippen LogP contribution in [0.5, 0.6) is 0 Å². The Morgan fingerprint density at radius 3 is 2.69 bits per heavy atom. The van der Waals surface area contributed by atoms with Crippen molar-refractivity contribution in [1.82, 2.24) is 10.2 Å². The van der Waals surface area contributed by atoms with Gasteiger partial charge in [0.15, 0.2) is 5.11 Å². The Bertz CT molecular complexity index is 202. The first-order valence-corrected chi connectivity index (χ1v) is 4.81. The van der Waals surface area contributed by atoms with Crippen molar-refractivity contribution < 1.29 is 9.53 Å². The smallest absolute Gasteiger partial charge is 0.225 e. The molecule has 0 radical (unpaired) electrons. The molecule has 74 valence electrons. The van der Waals surface area contributed by atoms with Crippen LogP contribution < -0.4 is 5.32 Å². The third-order valence-electron chi connectivity index (χ3n) is 1.87. The first kappa shape index (κ1) is 10.4. The minimum Gasteiger partial charge on any atom is -0.378 e. The normalized spacial score (nSPS) is 16.8. The largest absolute Gasteiger partial charge is 0.378 e. The van der Waals surface area contributed by atoms with E-state index in [0.717, 1.165) is 13.1 Å². The third-order valence-corrected chi connectivity index (χ3v) is 2.23.